The van der Waals surface area contributed by atoms with Crippen molar-refractivity contribution in [1.29, 1.82) is 0 Å². The van der Waals surface area contributed by atoms with Crippen LogP contribution in [0.5, 0.6) is 0 Å². The van der Waals surface area contributed by atoms with Gasteiger partial charge in [0.1, 0.15) is 0 Å². The smallest absolute Gasteiger partial charge is 0.264 e. The number of aromatic amines is 1. The van der Waals surface area contributed by atoms with E-state index in [0.29, 0.717) is 5.02 Å². The quantitative estimate of drug-likeness (QED) is 0.767. The fraction of sp³-hybridized carbons (Fsp3) is 0.133. The zero-order valence-corrected chi connectivity index (χ0v) is 13.6. The minimum absolute atomic E-state index is 0.129. The molecule has 3 rings (SSSR count). The van der Waals surface area contributed by atoms with E-state index in [1.165, 1.54) is 24.3 Å². The molecule has 2 aromatic carbocycles. The normalized spacial score (nSPS) is 11.8. The number of aromatic nitrogens is 2. The van der Waals surface area contributed by atoms with E-state index in [2.05, 4.69) is 14.7 Å². The molecule has 0 fully saturated rings. The van der Waals surface area contributed by atoms with E-state index in [1.807, 2.05) is 26.0 Å². The topological polar surface area (TPSA) is 74.8 Å². The predicted octanol–water partition coefficient (Wildman–Crippen LogP) is 3.63. The molecule has 0 saturated heterocycles. The third kappa shape index (κ3) is 2.80. The number of benzene rings is 2. The molecule has 114 valence electrons. The van der Waals surface area contributed by atoms with Crippen molar-refractivity contribution in [2.24, 2.45) is 0 Å². The second-order valence-electron chi connectivity index (χ2n) is 5.10. The second-order valence-corrected chi connectivity index (χ2v) is 7.22. The van der Waals surface area contributed by atoms with Gasteiger partial charge in [-0.3, -0.25) is 0 Å². The molecule has 7 heteroatoms. The summed E-state index contributed by atoms with van der Waals surface area (Å²) in [5.74, 6) is 0.190. The third-order valence-corrected chi connectivity index (χ3v) is 5.06. The van der Waals surface area contributed by atoms with E-state index in [4.69, 9.17) is 11.6 Å². The lowest BCUT2D eigenvalue weighted by molar-refractivity contribution is 0.601. The average Bonchev–Trinajstić information content (AvgIpc) is 2.80. The van der Waals surface area contributed by atoms with Crippen LogP contribution < -0.4 is 4.72 Å². The van der Waals surface area contributed by atoms with Crippen molar-refractivity contribution in [3.8, 4) is 0 Å². The van der Waals surface area contributed by atoms with Crippen molar-refractivity contribution in [2.75, 3.05) is 4.72 Å². The third-order valence-electron chi connectivity index (χ3n) is 3.45. The maximum absolute atomic E-state index is 12.3. The molecule has 22 heavy (non-hydrogen) atoms. The highest BCUT2D eigenvalue weighted by molar-refractivity contribution is 7.92. The summed E-state index contributed by atoms with van der Waals surface area (Å²) in [5.41, 5.74) is 3.73. The van der Waals surface area contributed by atoms with Gasteiger partial charge in [-0.25, -0.2) is 18.1 Å². The van der Waals surface area contributed by atoms with Crippen molar-refractivity contribution < 1.29 is 8.42 Å². The van der Waals surface area contributed by atoms with Gasteiger partial charge in [0.05, 0.1) is 15.9 Å². The summed E-state index contributed by atoms with van der Waals surface area (Å²) in [6, 6.07) is 9.81. The van der Waals surface area contributed by atoms with Crippen molar-refractivity contribution >= 4 is 38.6 Å². The first-order valence-electron chi connectivity index (χ1n) is 6.60. The van der Waals surface area contributed by atoms with Crippen LogP contribution in [0.2, 0.25) is 5.02 Å². The Morgan fingerprint density at radius 2 is 1.73 bits per heavy atom. The standard InChI is InChI=1S/C15H14ClN3O2S/c1-9-7-13-14(8-10(9)2)18-15(17-13)19-22(20,21)12-5-3-11(16)4-6-12/h3-8H,1-2H3,(H2,17,18,19). The minimum Gasteiger partial charge on any atom is -0.323 e. The van der Waals surface area contributed by atoms with Crippen LogP contribution in [0, 0.1) is 13.8 Å². The monoisotopic (exact) mass is 335 g/mol. The van der Waals surface area contributed by atoms with Gasteiger partial charge in [0, 0.05) is 5.02 Å². The Kier molecular flexibility index (Phi) is 3.58. The van der Waals surface area contributed by atoms with Gasteiger partial charge in [0.2, 0.25) is 5.95 Å². The highest BCUT2D eigenvalue weighted by Crippen LogP contribution is 2.21. The number of aryl methyl sites for hydroxylation is 2. The van der Waals surface area contributed by atoms with E-state index in [1.54, 1.807) is 0 Å². The first-order chi connectivity index (χ1) is 10.3. The lowest BCUT2D eigenvalue weighted by atomic mass is 10.1. The van der Waals surface area contributed by atoms with Gasteiger partial charge in [-0.1, -0.05) is 11.6 Å². The summed E-state index contributed by atoms with van der Waals surface area (Å²) in [4.78, 5) is 7.37. The largest absolute Gasteiger partial charge is 0.323 e. The van der Waals surface area contributed by atoms with Crippen LogP contribution in [-0.4, -0.2) is 18.4 Å². The molecule has 0 spiro atoms. The summed E-state index contributed by atoms with van der Waals surface area (Å²) in [6.07, 6.45) is 0. The summed E-state index contributed by atoms with van der Waals surface area (Å²) in [7, 11) is -3.70. The number of sulfonamides is 1. The van der Waals surface area contributed by atoms with Crippen molar-refractivity contribution in [3.63, 3.8) is 0 Å². The molecule has 0 atom stereocenters. The number of hydrogen-bond donors (Lipinski definition) is 2. The van der Waals surface area contributed by atoms with Gasteiger partial charge in [-0.05, 0) is 61.4 Å². The Morgan fingerprint density at radius 1 is 1.09 bits per heavy atom. The molecule has 5 nitrogen and oxygen atoms in total. The van der Waals surface area contributed by atoms with E-state index < -0.39 is 10.0 Å². The molecule has 0 amide bonds. The summed E-state index contributed by atoms with van der Waals surface area (Å²) < 4.78 is 27.1. The number of halogens is 1. The first-order valence-corrected chi connectivity index (χ1v) is 8.46. The zero-order valence-electron chi connectivity index (χ0n) is 12.0. The van der Waals surface area contributed by atoms with Crippen LogP contribution in [0.25, 0.3) is 11.0 Å². The lowest BCUT2D eigenvalue weighted by Crippen LogP contribution is -2.13. The SMILES string of the molecule is Cc1cc2nc(NS(=O)(=O)c3ccc(Cl)cc3)[nH]c2cc1C. The summed E-state index contributed by atoms with van der Waals surface area (Å²) in [6.45, 7) is 3.98. The zero-order chi connectivity index (χ0) is 15.9. The average molecular weight is 336 g/mol. The molecule has 0 unspecified atom stereocenters. The Bertz CT molecular complexity index is 908. The molecular formula is C15H14ClN3O2S. The van der Waals surface area contributed by atoms with Crippen molar-refractivity contribution in [2.45, 2.75) is 18.7 Å². The molecule has 0 radical (unpaired) electrons. The molecule has 0 aliphatic carbocycles. The number of nitrogens with zero attached hydrogens (tertiary/aromatic N) is 1. The molecule has 0 bridgehead atoms. The van der Waals surface area contributed by atoms with Crippen LogP contribution in [-0.2, 0) is 10.0 Å². The maximum atomic E-state index is 12.3. The number of hydrogen-bond acceptors (Lipinski definition) is 3. The Balaban J connectivity index is 1.96. The second kappa shape index (κ2) is 5.30. The van der Waals surface area contributed by atoms with Gasteiger partial charge in [-0.15, -0.1) is 0 Å². The molecular weight excluding hydrogens is 322 g/mol. The van der Waals surface area contributed by atoms with Crippen LogP contribution >= 0.6 is 11.6 Å². The summed E-state index contributed by atoms with van der Waals surface area (Å²) >= 11 is 5.77. The Hall–Kier alpha value is -2.05. The molecule has 0 aliphatic heterocycles. The number of H-pyrrole nitrogens is 1. The van der Waals surface area contributed by atoms with E-state index in [-0.39, 0.29) is 10.8 Å². The van der Waals surface area contributed by atoms with E-state index in [9.17, 15) is 8.42 Å². The molecule has 2 N–H and O–H groups in total. The Labute approximate surface area is 133 Å². The van der Waals surface area contributed by atoms with Crippen molar-refractivity contribution in [3.05, 3.63) is 52.5 Å². The number of anilines is 1. The Morgan fingerprint density at radius 3 is 2.41 bits per heavy atom. The van der Waals surface area contributed by atoms with E-state index >= 15 is 0 Å². The highest BCUT2D eigenvalue weighted by atomic mass is 35.5. The molecule has 0 saturated carbocycles. The molecule has 0 aliphatic rings. The highest BCUT2D eigenvalue weighted by Gasteiger charge is 2.16. The van der Waals surface area contributed by atoms with Gasteiger partial charge in [-0.2, -0.15) is 0 Å². The number of fused-ring (bicyclic) bond motifs is 1. The molecule has 1 heterocycles. The number of nitrogens with one attached hydrogen (secondary N) is 2. The van der Waals surface area contributed by atoms with Gasteiger partial charge in [0.25, 0.3) is 10.0 Å². The van der Waals surface area contributed by atoms with Crippen LogP contribution in [0.3, 0.4) is 0 Å². The van der Waals surface area contributed by atoms with Crippen LogP contribution in [0.15, 0.2) is 41.3 Å². The van der Waals surface area contributed by atoms with Gasteiger partial charge < -0.3 is 4.98 Å². The van der Waals surface area contributed by atoms with Gasteiger partial charge in [0.15, 0.2) is 0 Å². The minimum atomic E-state index is -3.70. The maximum Gasteiger partial charge on any atom is 0.264 e. The number of imidazole rings is 1. The summed E-state index contributed by atoms with van der Waals surface area (Å²) in [5, 5.41) is 0.480. The first kappa shape index (κ1) is 14.9. The van der Waals surface area contributed by atoms with Crippen molar-refractivity contribution in [1.82, 2.24) is 9.97 Å². The van der Waals surface area contributed by atoms with Crippen LogP contribution in [0.4, 0.5) is 5.95 Å². The fourth-order valence-corrected chi connectivity index (χ4v) is 3.21. The predicted molar refractivity (Wildman–Crippen MR) is 87.8 cm³/mol. The van der Waals surface area contributed by atoms with E-state index in [0.717, 1.165) is 22.2 Å². The number of rotatable bonds is 3. The van der Waals surface area contributed by atoms with Gasteiger partial charge >= 0.3 is 0 Å². The lowest BCUT2D eigenvalue weighted by Gasteiger charge is -2.04. The van der Waals surface area contributed by atoms with Crippen LogP contribution in [0.1, 0.15) is 11.1 Å². The molecule has 1 aromatic heterocycles. The molecule has 3 aromatic rings. The fourth-order valence-electron chi connectivity index (χ4n) is 2.12.